The molecule has 1 aromatic rings. The summed E-state index contributed by atoms with van der Waals surface area (Å²) in [6.07, 6.45) is 0.902. The highest BCUT2D eigenvalue weighted by molar-refractivity contribution is 5.94. The Morgan fingerprint density at radius 3 is 3.10 bits per heavy atom. The number of aromatic nitrogens is 2. The molecule has 1 atom stereocenters. The number of H-pyrrole nitrogens is 1. The van der Waals surface area contributed by atoms with E-state index in [4.69, 9.17) is 4.74 Å². The molecule has 2 aliphatic rings. The summed E-state index contributed by atoms with van der Waals surface area (Å²) in [5.74, 6) is -0.0861. The van der Waals surface area contributed by atoms with Crippen LogP contribution in [0.5, 0.6) is 0 Å². The molecule has 3 heterocycles. The monoisotopic (exact) mass is 293 g/mol. The summed E-state index contributed by atoms with van der Waals surface area (Å²) < 4.78 is 5.33. The fourth-order valence-corrected chi connectivity index (χ4v) is 2.92. The van der Waals surface area contributed by atoms with Crippen LogP contribution in [0.2, 0.25) is 0 Å². The van der Waals surface area contributed by atoms with Gasteiger partial charge in [0.25, 0.3) is 5.91 Å². The van der Waals surface area contributed by atoms with E-state index in [2.05, 4.69) is 25.7 Å². The van der Waals surface area contributed by atoms with Gasteiger partial charge in [0, 0.05) is 56.4 Å². The molecule has 7 nitrogen and oxygen atoms in total. The number of carbonyl (C=O) groups excluding carboxylic acids is 1. The number of hydrogen-bond acceptors (Lipinski definition) is 5. The predicted molar refractivity (Wildman–Crippen MR) is 78.2 cm³/mol. The number of carbonyl (C=O) groups is 1. The van der Waals surface area contributed by atoms with E-state index in [0.717, 1.165) is 57.1 Å². The maximum Gasteiger partial charge on any atom is 0.272 e. The molecule has 1 amide bonds. The minimum Gasteiger partial charge on any atom is -0.379 e. The number of morpholine rings is 1. The maximum atomic E-state index is 12.4. The van der Waals surface area contributed by atoms with Crippen LogP contribution in [0.4, 0.5) is 0 Å². The molecule has 0 aliphatic carbocycles. The van der Waals surface area contributed by atoms with Crippen molar-refractivity contribution < 1.29 is 9.53 Å². The van der Waals surface area contributed by atoms with Crippen molar-refractivity contribution in [3.8, 4) is 0 Å². The predicted octanol–water partition coefficient (Wildman–Crippen LogP) is -0.494. The minimum absolute atomic E-state index is 0.0861. The largest absolute Gasteiger partial charge is 0.379 e. The summed E-state index contributed by atoms with van der Waals surface area (Å²) in [4.78, 5) is 14.7. The van der Waals surface area contributed by atoms with Crippen LogP contribution in [-0.2, 0) is 17.7 Å². The highest BCUT2D eigenvalue weighted by atomic mass is 16.5. The molecule has 1 aromatic heterocycles. The summed E-state index contributed by atoms with van der Waals surface area (Å²) in [6.45, 7) is 7.95. The van der Waals surface area contributed by atoms with E-state index in [1.54, 1.807) is 0 Å². The van der Waals surface area contributed by atoms with Gasteiger partial charge in [-0.25, -0.2) is 0 Å². The van der Waals surface area contributed by atoms with Crippen molar-refractivity contribution in [3.05, 3.63) is 17.0 Å². The number of fused-ring (bicyclic) bond motifs is 1. The molecule has 0 spiro atoms. The highest BCUT2D eigenvalue weighted by Crippen LogP contribution is 2.15. The Morgan fingerprint density at radius 2 is 2.29 bits per heavy atom. The first-order chi connectivity index (χ1) is 10.2. The van der Waals surface area contributed by atoms with E-state index in [0.29, 0.717) is 12.2 Å². The highest BCUT2D eigenvalue weighted by Gasteiger charge is 2.23. The molecule has 1 fully saturated rings. The van der Waals surface area contributed by atoms with Crippen LogP contribution in [-0.4, -0.2) is 66.4 Å². The number of ether oxygens (including phenoxy) is 1. The third kappa shape index (κ3) is 3.42. The average molecular weight is 293 g/mol. The molecule has 0 radical (unpaired) electrons. The minimum atomic E-state index is -0.0861. The van der Waals surface area contributed by atoms with E-state index in [-0.39, 0.29) is 11.9 Å². The van der Waals surface area contributed by atoms with Crippen molar-refractivity contribution >= 4 is 5.91 Å². The summed E-state index contributed by atoms with van der Waals surface area (Å²) in [6, 6.07) is 0.0968. The summed E-state index contributed by atoms with van der Waals surface area (Å²) >= 11 is 0. The van der Waals surface area contributed by atoms with Crippen molar-refractivity contribution in [2.24, 2.45) is 0 Å². The lowest BCUT2D eigenvalue weighted by Crippen LogP contribution is -2.46. The molecule has 0 bridgehead atoms. The number of rotatable bonds is 4. The zero-order valence-electron chi connectivity index (χ0n) is 12.4. The molecule has 21 heavy (non-hydrogen) atoms. The fourth-order valence-electron chi connectivity index (χ4n) is 2.92. The maximum absolute atomic E-state index is 12.4. The van der Waals surface area contributed by atoms with Crippen LogP contribution in [0.3, 0.4) is 0 Å². The molecule has 1 unspecified atom stereocenters. The first-order valence-electron chi connectivity index (χ1n) is 7.62. The van der Waals surface area contributed by atoms with Gasteiger partial charge in [-0.1, -0.05) is 0 Å². The van der Waals surface area contributed by atoms with Crippen LogP contribution in [0.25, 0.3) is 0 Å². The Kier molecular flexibility index (Phi) is 4.52. The number of nitrogens with one attached hydrogen (secondary N) is 3. The zero-order chi connectivity index (χ0) is 14.7. The van der Waals surface area contributed by atoms with E-state index in [1.807, 2.05) is 6.92 Å². The SMILES string of the molecule is CC(CN1CCOCC1)NC(=O)c1n[nH]c2c1CNCC2. The van der Waals surface area contributed by atoms with Gasteiger partial charge in [0.15, 0.2) is 5.69 Å². The molecule has 3 rings (SSSR count). The van der Waals surface area contributed by atoms with Gasteiger partial charge in [0.1, 0.15) is 0 Å². The van der Waals surface area contributed by atoms with Gasteiger partial charge in [0.05, 0.1) is 13.2 Å². The Hall–Kier alpha value is -1.44. The molecular formula is C14H23N5O2. The second-order valence-electron chi connectivity index (χ2n) is 5.74. The second kappa shape index (κ2) is 6.55. The van der Waals surface area contributed by atoms with Crippen molar-refractivity contribution in [2.75, 3.05) is 39.4 Å². The standard InChI is InChI=1S/C14H23N5O2/c1-10(9-19-4-6-21-7-5-19)16-14(20)13-11-8-15-3-2-12(11)17-18-13/h10,15H,2-9H2,1H3,(H,16,20)(H,17,18). The fraction of sp³-hybridized carbons (Fsp3) is 0.714. The summed E-state index contributed by atoms with van der Waals surface area (Å²) in [5, 5.41) is 13.5. The van der Waals surface area contributed by atoms with Gasteiger partial charge in [-0.15, -0.1) is 0 Å². The molecule has 3 N–H and O–H groups in total. The van der Waals surface area contributed by atoms with Crippen LogP contribution in [0.1, 0.15) is 28.7 Å². The lowest BCUT2D eigenvalue weighted by Gasteiger charge is -2.29. The molecular weight excluding hydrogens is 270 g/mol. The van der Waals surface area contributed by atoms with Crippen LogP contribution in [0, 0.1) is 0 Å². The van der Waals surface area contributed by atoms with Gasteiger partial charge < -0.3 is 15.4 Å². The van der Waals surface area contributed by atoms with Gasteiger partial charge in [-0.05, 0) is 6.92 Å². The summed E-state index contributed by atoms with van der Waals surface area (Å²) in [7, 11) is 0. The third-order valence-corrected chi connectivity index (χ3v) is 4.03. The van der Waals surface area contributed by atoms with Gasteiger partial charge in [-0.2, -0.15) is 5.10 Å². The Labute approximate surface area is 124 Å². The zero-order valence-corrected chi connectivity index (χ0v) is 12.4. The molecule has 2 aliphatic heterocycles. The van der Waals surface area contributed by atoms with Gasteiger partial charge in [0.2, 0.25) is 0 Å². The van der Waals surface area contributed by atoms with Crippen LogP contribution < -0.4 is 10.6 Å². The van der Waals surface area contributed by atoms with E-state index in [1.165, 1.54) is 0 Å². The Balaban J connectivity index is 1.56. The number of aromatic amines is 1. The number of amides is 1. The van der Waals surface area contributed by atoms with Gasteiger partial charge in [-0.3, -0.25) is 14.8 Å². The Morgan fingerprint density at radius 1 is 1.48 bits per heavy atom. The Bertz CT molecular complexity index is 496. The smallest absolute Gasteiger partial charge is 0.272 e. The quantitative estimate of drug-likeness (QED) is 0.697. The van der Waals surface area contributed by atoms with Crippen molar-refractivity contribution in [2.45, 2.75) is 25.9 Å². The van der Waals surface area contributed by atoms with E-state index >= 15 is 0 Å². The van der Waals surface area contributed by atoms with Crippen LogP contribution >= 0.6 is 0 Å². The van der Waals surface area contributed by atoms with E-state index in [9.17, 15) is 4.79 Å². The number of nitrogens with zero attached hydrogens (tertiary/aromatic N) is 2. The van der Waals surface area contributed by atoms with Gasteiger partial charge >= 0.3 is 0 Å². The molecule has 7 heteroatoms. The lowest BCUT2D eigenvalue weighted by molar-refractivity contribution is 0.0342. The first-order valence-corrected chi connectivity index (χ1v) is 7.62. The van der Waals surface area contributed by atoms with E-state index < -0.39 is 0 Å². The van der Waals surface area contributed by atoms with Crippen molar-refractivity contribution in [3.63, 3.8) is 0 Å². The molecule has 0 saturated carbocycles. The topological polar surface area (TPSA) is 82.3 Å². The first kappa shape index (κ1) is 14.5. The number of hydrogen-bond donors (Lipinski definition) is 3. The lowest BCUT2D eigenvalue weighted by atomic mass is 10.1. The summed E-state index contributed by atoms with van der Waals surface area (Å²) in [5.41, 5.74) is 2.63. The molecule has 116 valence electrons. The average Bonchev–Trinajstić information content (AvgIpc) is 2.92. The molecule has 0 aromatic carbocycles. The third-order valence-electron chi connectivity index (χ3n) is 4.03. The van der Waals surface area contributed by atoms with Crippen LogP contribution in [0.15, 0.2) is 0 Å². The normalized spacial score (nSPS) is 20.8. The van der Waals surface area contributed by atoms with Crippen molar-refractivity contribution in [1.29, 1.82) is 0 Å². The van der Waals surface area contributed by atoms with Crippen molar-refractivity contribution in [1.82, 2.24) is 25.7 Å². The second-order valence-corrected chi connectivity index (χ2v) is 5.74. The molecule has 1 saturated heterocycles.